The predicted molar refractivity (Wildman–Crippen MR) is 95.2 cm³/mol. The van der Waals surface area contributed by atoms with Crippen molar-refractivity contribution in [1.29, 1.82) is 0 Å². The van der Waals surface area contributed by atoms with E-state index in [9.17, 15) is 13.2 Å². The Bertz CT molecular complexity index is 953. The van der Waals surface area contributed by atoms with Crippen molar-refractivity contribution in [2.24, 2.45) is 13.0 Å². The molecular formula is C17H23N5O3S. The summed E-state index contributed by atoms with van der Waals surface area (Å²) in [6.45, 7) is 1.49. The van der Waals surface area contributed by atoms with Crippen LogP contribution in [0.5, 0.6) is 0 Å². The third kappa shape index (κ3) is 3.45. The van der Waals surface area contributed by atoms with Crippen molar-refractivity contribution in [2.75, 3.05) is 13.1 Å². The van der Waals surface area contributed by atoms with E-state index in [2.05, 4.69) is 9.97 Å². The maximum Gasteiger partial charge on any atom is 0.262 e. The van der Waals surface area contributed by atoms with Crippen molar-refractivity contribution in [2.45, 2.75) is 43.2 Å². The highest BCUT2D eigenvalue weighted by Gasteiger charge is 2.31. The maximum absolute atomic E-state index is 12.6. The van der Waals surface area contributed by atoms with E-state index >= 15 is 0 Å². The molecule has 0 spiro atoms. The van der Waals surface area contributed by atoms with Gasteiger partial charge in [0, 0.05) is 44.9 Å². The zero-order valence-corrected chi connectivity index (χ0v) is 15.6. The molecule has 1 aliphatic heterocycles. The van der Waals surface area contributed by atoms with Gasteiger partial charge in [-0.15, -0.1) is 0 Å². The lowest BCUT2D eigenvalue weighted by Gasteiger charge is -2.30. The lowest BCUT2D eigenvalue weighted by molar-refractivity contribution is 0.250. The van der Waals surface area contributed by atoms with Gasteiger partial charge in [-0.1, -0.05) is 0 Å². The fourth-order valence-electron chi connectivity index (χ4n) is 3.44. The number of hydrogen-bond donors (Lipinski definition) is 0. The molecule has 9 heteroatoms. The van der Waals surface area contributed by atoms with Crippen LogP contribution in [0, 0.1) is 5.92 Å². The molecule has 8 nitrogen and oxygen atoms in total. The zero-order chi connectivity index (χ0) is 18.3. The molecule has 26 heavy (non-hydrogen) atoms. The Kier molecular flexibility index (Phi) is 4.44. The molecule has 140 valence electrons. The number of rotatable bonds is 5. The highest BCUT2D eigenvalue weighted by molar-refractivity contribution is 7.89. The second-order valence-electron chi connectivity index (χ2n) is 7.30. The second-order valence-corrected chi connectivity index (χ2v) is 9.19. The molecule has 0 aromatic carbocycles. The fraction of sp³-hybridized carbons (Fsp3) is 0.588. The van der Waals surface area contributed by atoms with E-state index in [-0.39, 0.29) is 16.5 Å². The number of nitrogens with zero attached hydrogens (tertiary/aromatic N) is 5. The molecule has 1 saturated heterocycles. The van der Waals surface area contributed by atoms with Crippen molar-refractivity contribution in [3.8, 4) is 0 Å². The van der Waals surface area contributed by atoms with Crippen LogP contribution >= 0.6 is 0 Å². The highest BCUT2D eigenvalue weighted by Crippen LogP contribution is 2.38. The van der Waals surface area contributed by atoms with Gasteiger partial charge in [0.2, 0.25) is 0 Å². The number of aromatic nitrogens is 4. The normalized spacial score (nSPS) is 19.7. The molecule has 1 aliphatic carbocycles. The summed E-state index contributed by atoms with van der Waals surface area (Å²) in [6, 6.07) is 1.65. The molecule has 0 unspecified atom stereocenters. The lowest BCUT2D eigenvalue weighted by atomic mass is 9.98. The van der Waals surface area contributed by atoms with Gasteiger partial charge in [0.05, 0.1) is 18.3 Å². The van der Waals surface area contributed by atoms with Gasteiger partial charge < -0.3 is 4.57 Å². The van der Waals surface area contributed by atoms with Gasteiger partial charge in [-0.3, -0.25) is 9.36 Å². The first kappa shape index (κ1) is 17.4. The molecule has 4 rings (SSSR count). The summed E-state index contributed by atoms with van der Waals surface area (Å²) in [6.07, 6.45) is 8.36. The van der Waals surface area contributed by atoms with Crippen molar-refractivity contribution in [3.05, 3.63) is 41.0 Å². The third-order valence-corrected chi connectivity index (χ3v) is 6.99. The molecule has 2 fully saturated rings. The van der Waals surface area contributed by atoms with Crippen LogP contribution in [0.2, 0.25) is 0 Å². The molecule has 2 aromatic heterocycles. The minimum Gasteiger partial charge on any atom is -0.339 e. The average molecular weight is 377 g/mol. The summed E-state index contributed by atoms with van der Waals surface area (Å²) >= 11 is 0. The van der Waals surface area contributed by atoms with Crippen LogP contribution < -0.4 is 5.56 Å². The number of aryl methyl sites for hydroxylation is 1. The van der Waals surface area contributed by atoms with Gasteiger partial charge in [0.25, 0.3) is 15.6 Å². The number of imidazole rings is 1. The van der Waals surface area contributed by atoms with Crippen molar-refractivity contribution >= 4 is 10.0 Å². The first-order valence-electron chi connectivity index (χ1n) is 8.98. The standard InChI is InChI=1S/C17H23N5O3S/c1-20-10-16(19-11-20)26(24,25)22-6-4-13(5-7-22)9-21-12-18-15(8-17(21)23)14-2-3-14/h8,10-14H,2-7,9H2,1H3. The van der Waals surface area contributed by atoms with Gasteiger partial charge >= 0.3 is 0 Å². The Morgan fingerprint density at radius 2 is 1.85 bits per heavy atom. The monoisotopic (exact) mass is 377 g/mol. The minimum absolute atomic E-state index is 0.00885. The molecule has 1 saturated carbocycles. The topological polar surface area (TPSA) is 90.1 Å². The summed E-state index contributed by atoms with van der Waals surface area (Å²) in [4.78, 5) is 20.6. The van der Waals surface area contributed by atoms with Crippen LogP contribution in [-0.4, -0.2) is 44.9 Å². The van der Waals surface area contributed by atoms with Crippen molar-refractivity contribution in [3.63, 3.8) is 0 Å². The van der Waals surface area contributed by atoms with Crippen LogP contribution in [0.4, 0.5) is 0 Å². The summed E-state index contributed by atoms with van der Waals surface area (Å²) < 4.78 is 30.0. The number of piperidine rings is 1. The van der Waals surface area contributed by atoms with Gasteiger partial charge in [-0.2, -0.15) is 4.31 Å². The highest BCUT2D eigenvalue weighted by atomic mass is 32.2. The summed E-state index contributed by atoms with van der Waals surface area (Å²) in [5.74, 6) is 0.744. The van der Waals surface area contributed by atoms with E-state index in [0.717, 1.165) is 31.4 Å². The molecule has 0 bridgehead atoms. The Labute approximate surface area is 152 Å². The van der Waals surface area contributed by atoms with Crippen LogP contribution in [-0.2, 0) is 23.6 Å². The van der Waals surface area contributed by atoms with Crippen LogP contribution in [0.15, 0.2) is 34.7 Å². The van der Waals surface area contributed by atoms with Crippen molar-refractivity contribution in [1.82, 2.24) is 23.4 Å². The molecule has 0 atom stereocenters. The first-order chi connectivity index (χ1) is 12.4. The molecular weight excluding hydrogens is 354 g/mol. The molecule has 2 aliphatic rings. The van der Waals surface area contributed by atoms with Gasteiger partial charge in [-0.25, -0.2) is 18.4 Å². The Morgan fingerprint density at radius 3 is 2.42 bits per heavy atom. The van der Waals surface area contributed by atoms with Crippen LogP contribution in [0.1, 0.15) is 37.3 Å². The van der Waals surface area contributed by atoms with Gasteiger partial charge in [0.1, 0.15) is 0 Å². The first-order valence-corrected chi connectivity index (χ1v) is 10.4. The van der Waals surface area contributed by atoms with Crippen LogP contribution in [0.25, 0.3) is 0 Å². The van der Waals surface area contributed by atoms with E-state index in [1.165, 1.54) is 16.8 Å². The molecule has 3 heterocycles. The minimum atomic E-state index is -3.53. The molecule has 0 N–H and O–H groups in total. The molecule has 0 amide bonds. The van der Waals surface area contributed by atoms with E-state index in [4.69, 9.17) is 0 Å². The van der Waals surface area contributed by atoms with Gasteiger partial charge in [0.15, 0.2) is 5.03 Å². The SMILES string of the molecule is Cn1cnc(S(=O)(=O)N2CCC(Cn3cnc(C4CC4)cc3=O)CC2)c1. The molecule has 0 radical (unpaired) electrons. The van der Waals surface area contributed by atoms with E-state index < -0.39 is 10.0 Å². The summed E-state index contributed by atoms with van der Waals surface area (Å²) in [5, 5.41) is 0.0922. The third-order valence-electron chi connectivity index (χ3n) is 5.21. The van der Waals surface area contributed by atoms with Crippen LogP contribution in [0.3, 0.4) is 0 Å². The van der Waals surface area contributed by atoms with E-state index in [1.807, 2.05) is 0 Å². The Hall–Kier alpha value is -2.00. The Morgan fingerprint density at radius 1 is 1.12 bits per heavy atom. The quantitative estimate of drug-likeness (QED) is 0.774. The largest absolute Gasteiger partial charge is 0.339 e. The Balaban J connectivity index is 1.38. The maximum atomic E-state index is 12.6. The summed E-state index contributed by atoms with van der Waals surface area (Å²) in [7, 11) is -1.78. The number of sulfonamides is 1. The molecule has 2 aromatic rings. The number of hydrogen-bond acceptors (Lipinski definition) is 5. The predicted octanol–water partition coefficient (Wildman–Crippen LogP) is 0.955. The zero-order valence-electron chi connectivity index (χ0n) is 14.8. The smallest absolute Gasteiger partial charge is 0.262 e. The average Bonchev–Trinajstić information content (AvgIpc) is 3.38. The second kappa shape index (κ2) is 6.62. The van der Waals surface area contributed by atoms with Gasteiger partial charge in [-0.05, 0) is 31.6 Å². The lowest BCUT2D eigenvalue weighted by Crippen LogP contribution is -2.40. The summed E-state index contributed by atoms with van der Waals surface area (Å²) in [5.41, 5.74) is 0.896. The van der Waals surface area contributed by atoms with Crippen molar-refractivity contribution < 1.29 is 8.42 Å². The van der Waals surface area contributed by atoms with E-state index in [1.54, 1.807) is 28.6 Å². The fourth-order valence-corrected chi connectivity index (χ4v) is 4.88. The van der Waals surface area contributed by atoms with E-state index in [0.29, 0.717) is 25.6 Å².